The zero-order chi connectivity index (χ0) is 36.9. The zero-order valence-corrected chi connectivity index (χ0v) is 30.7. The van der Waals surface area contributed by atoms with Crippen molar-refractivity contribution in [1.29, 1.82) is 0 Å². The summed E-state index contributed by atoms with van der Waals surface area (Å²) in [6.45, 7) is 4.67. The Kier molecular flexibility index (Phi) is 7.81. The first-order valence-corrected chi connectivity index (χ1v) is 18.9. The molecular formula is C52H37N3. The van der Waals surface area contributed by atoms with Gasteiger partial charge < -0.3 is 0 Å². The molecule has 0 atom stereocenters. The highest BCUT2D eigenvalue weighted by molar-refractivity contribution is 6.08. The summed E-state index contributed by atoms with van der Waals surface area (Å²) < 4.78 is 0. The number of nitrogens with zero attached hydrogens (tertiary/aromatic N) is 3. The van der Waals surface area contributed by atoms with E-state index in [9.17, 15) is 0 Å². The van der Waals surface area contributed by atoms with E-state index in [-0.39, 0.29) is 5.41 Å². The lowest BCUT2D eigenvalue weighted by atomic mass is 9.81. The highest BCUT2D eigenvalue weighted by Crippen LogP contribution is 2.53. The summed E-state index contributed by atoms with van der Waals surface area (Å²) in [5.74, 6) is 1.91. The van der Waals surface area contributed by atoms with Crippen LogP contribution in [0.3, 0.4) is 0 Å². The second-order valence-electron chi connectivity index (χ2n) is 14.8. The molecular weight excluding hydrogens is 667 g/mol. The summed E-state index contributed by atoms with van der Waals surface area (Å²) in [7, 11) is 0. The van der Waals surface area contributed by atoms with Crippen molar-refractivity contribution in [2.75, 3.05) is 0 Å². The van der Waals surface area contributed by atoms with Crippen molar-refractivity contribution < 1.29 is 0 Å². The third-order valence-electron chi connectivity index (χ3n) is 11.2. The lowest BCUT2D eigenvalue weighted by Crippen LogP contribution is -2.14. The van der Waals surface area contributed by atoms with Gasteiger partial charge >= 0.3 is 0 Å². The van der Waals surface area contributed by atoms with Gasteiger partial charge in [-0.1, -0.05) is 196 Å². The van der Waals surface area contributed by atoms with E-state index < -0.39 is 0 Å². The van der Waals surface area contributed by atoms with Crippen molar-refractivity contribution in [2.24, 2.45) is 0 Å². The molecule has 0 fully saturated rings. The molecule has 3 nitrogen and oxygen atoms in total. The quantitative estimate of drug-likeness (QED) is 0.173. The number of hydrogen-bond donors (Lipinski definition) is 0. The number of fused-ring (bicyclic) bond motifs is 4. The molecule has 0 saturated carbocycles. The number of rotatable bonds is 6. The first-order chi connectivity index (χ1) is 27.0. The van der Waals surface area contributed by atoms with Crippen LogP contribution in [0.5, 0.6) is 0 Å². The van der Waals surface area contributed by atoms with Gasteiger partial charge in [0.15, 0.2) is 17.5 Å². The Morgan fingerprint density at radius 3 is 1.42 bits per heavy atom. The van der Waals surface area contributed by atoms with Gasteiger partial charge in [-0.3, -0.25) is 0 Å². The molecule has 9 aromatic rings. The van der Waals surface area contributed by atoms with Crippen LogP contribution in [0.4, 0.5) is 0 Å². The fourth-order valence-corrected chi connectivity index (χ4v) is 8.35. The summed E-state index contributed by atoms with van der Waals surface area (Å²) in [6, 6.07) is 66.7. The van der Waals surface area contributed by atoms with Crippen LogP contribution in [0.25, 0.3) is 89.4 Å². The van der Waals surface area contributed by atoms with Crippen LogP contribution < -0.4 is 0 Å². The summed E-state index contributed by atoms with van der Waals surface area (Å²) in [4.78, 5) is 15.8. The average Bonchev–Trinajstić information content (AvgIpc) is 3.50. The summed E-state index contributed by atoms with van der Waals surface area (Å²) in [6.07, 6.45) is 0. The molecule has 1 aliphatic rings. The number of aromatic nitrogens is 3. The van der Waals surface area contributed by atoms with Crippen LogP contribution in [-0.2, 0) is 5.41 Å². The van der Waals surface area contributed by atoms with Gasteiger partial charge in [0.1, 0.15) is 0 Å². The smallest absolute Gasteiger partial charge is 0.164 e. The van der Waals surface area contributed by atoms with Crippen LogP contribution >= 0.6 is 0 Å². The van der Waals surface area contributed by atoms with Gasteiger partial charge in [-0.15, -0.1) is 0 Å². The largest absolute Gasteiger partial charge is 0.208 e. The Morgan fingerprint density at radius 1 is 0.309 bits per heavy atom. The molecule has 1 aliphatic carbocycles. The second-order valence-corrected chi connectivity index (χ2v) is 14.8. The van der Waals surface area contributed by atoms with Crippen LogP contribution in [0.15, 0.2) is 188 Å². The Hall–Kier alpha value is -6.97. The van der Waals surface area contributed by atoms with Gasteiger partial charge in [0.25, 0.3) is 0 Å². The maximum absolute atomic E-state index is 5.30. The number of benzene rings is 8. The van der Waals surface area contributed by atoms with Gasteiger partial charge in [-0.25, -0.2) is 15.0 Å². The van der Waals surface area contributed by atoms with Crippen molar-refractivity contribution >= 4 is 10.8 Å². The summed E-state index contributed by atoms with van der Waals surface area (Å²) in [5, 5.41) is 2.34. The summed E-state index contributed by atoms with van der Waals surface area (Å²) >= 11 is 0. The van der Waals surface area contributed by atoms with Gasteiger partial charge in [0, 0.05) is 27.7 Å². The van der Waals surface area contributed by atoms with E-state index in [0.29, 0.717) is 17.5 Å². The lowest BCUT2D eigenvalue weighted by Gasteiger charge is -2.22. The maximum atomic E-state index is 5.30. The Bertz CT molecular complexity index is 2760. The summed E-state index contributed by atoms with van der Waals surface area (Å²) in [5.41, 5.74) is 14.9. The van der Waals surface area contributed by atoms with Crippen LogP contribution in [-0.4, -0.2) is 15.0 Å². The van der Waals surface area contributed by atoms with Crippen LogP contribution in [0.2, 0.25) is 0 Å². The van der Waals surface area contributed by atoms with Crippen molar-refractivity contribution in [3.8, 4) is 78.7 Å². The third kappa shape index (κ3) is 5.64. The van der Waals surface area contributed by atoms with E-state index in [2.05, 4.69) is 190 Å². The predicted octanol–water partition coefficient (Wildman–Crippen LogP) is 13.3. The van der Waals surface area contributed by atoms with Gasteiger partial charge in [-0.05, 0) is 66.9 Å². The molecule has 0 radical (unpaired) electrons. The second kappa shape index (κ2) is 13.2. The van der Waals surface area contributed by atoms with E-state index in [1.807, 2.05) is 12.1 Å². The average molecular weight is 704 g/mol. The highest BCUT2D eigenvalue weighted by Gasteiger charge is 2.37. The normalized spacial score (nSPS) is 12.7. The predicted molar refractivity (Wildman–Crippen MR) is 228 cm³/mol. The zero-order valence-electron chi connectivity index (χ0n) is 30.7. The number of hydrogen-bond acceptors (Lipinski definition) is 3. The topological polar surface area (TPSA) is 38.7 Å². The molecule has 1 aromatic heterocycles. The van der Waals surface area contributed by atoms with E-state index in [0.717, 1.165) is 33.4 Å². The third-order valence-corrected chi connectivity index (χ3v) is 11.2. The molecule has 0 aliphatic heterocycles. The van der Waals surface area contributed by atoms with Gasteiger partial charge in [0.05, 0.1) is 0 Å². The molecule has 0 bridgehead atoms. The SMILES string of the molecule is CC1(C)c2ccccc2-c2c(-c3c(-c4nc(-c5ccc(-c6ccccc6)cc5)nc(-c5ccc(-c6ccccc6)cc5)n4)ccc4ccccc34)cccc21. The Morgan fingerprint density at radius 2 is 0.782 bits per heavy atom. The Balaban J connectivity index is 1.20. The molecule has 8 aromatic carbocycles. The molecule has 260 valence electrons. The van der Waals surface area contributed by atoms with Gasteiger partial charge in [-0.2, -0.15) is 0 Å². The molecule has 0 amide bonds. The fraction of sp³-hybridized carbons (Fsp3) is 0.0577. The first-order valence-electron chi connectivity index (χ1n) is 18.9. The minimum atomic E-state index is -0.127. The minimum absolute atomic E-state index is 0.127. The van der Waals surface area contributed by atoms with Crippen molar-refractivity contribution in [3.63, 3.8) is 0 Å². The van der Waals surface area contributed by atoms with Crippen LogP contribution in [0, 0.1) is 0 Å². The van der Waals surface area contributed by atoms with Crippen molar-refractivity contribution in [3.05, 3.63) is 199 Å². The van der Waals surface area contributed by atoms with Crippen LogP contribution in [0.1, 0.15) is 25.0 Å². The first kappa shape index (κ1) is 32.7. The molecule has 0 saturated heterocycles. The van der Waals surface area contributed by atoms with E-state index in [1.54, 1.807) is 0 Å². The molecule has 0 N–H and O–H groups in total. The standard InChI is InChI=1S/C52H37N3/c1-52(2)45-22-12-11-20-42(45)48-43(21-13-23-46(48)52)47-41-19-10-9-18-38(41)32-33-44(47)51-54-49(39-28-24-36(25-29-39)34-14-5-3-6-15-34)53-50(55-51)40-30-26-37(27-31-40)35-16-7-4-8-17-35/h3-33H,1-2H3. The molecule has 10 rings (SSSR count). The van der Waals surface area contributed by atoms with E-state index >= 15 is 0 Å². The monoisotopic (exact) mass is 703 g/mol. The molecule has 1 heterocycles. The fourth-order valence-electron chi connectivity index (χ4n) is 8.35. The van der Waals surface area contributed by atoms with Crippen molar-refractivity contribution in [1.82, 2.24) is 15.0 Å². The minimum Gasteiger partial charge on any atom is -0.208 e. The van der Waals surface area contributed by atoms with Gasteiger partial charge in [0.2, 0.25) is 0 Å². The lowest BCUT2D eigenvalue weighted by molar-refractivity contribution is 0.660. The highest BCUT2D eigenvalue weighted by atomic mass is 15.0. The van der Waals surface area contributed by atoms with E-state index in [1.165, 1.54) is 49.7 Å². The molecule has 55 heavy (non-hydrogen) atoms. The van der Waals surface area contributed by atoms with Crippen molar-refractivity contribution in [2.45, 2.75) is 19.3 Å². The molecule has 0 unspecified atom stereocenters. The Labute approximate surface area is 321 Å². The molecule has 0 spiro atoms. The maximum Gasteiger partial charge on any atom is 0.164 e. The molecule has 3 heteroatoms. The van der Waals surface area contributed by atoms with E-state index in [4.69, 9.17) is 15.0 Å².